The van der Waals surface area contributed by atoms with Crippen molar-refractivity contribution in [1.82, 2.24) is 0 Å². The molecule has 0 unspecified atom stereocenters. The van der Waals surface area contributed by atoms with Crippen LogP contribution in [0.5, 0.6) is 11.5 Å². The second-order valence-corrected chi connectivity index (χ2v) is 7.53. The van der Waals surface area contributed by atoms with Crippen molar-refractivity contribution < 1.29 is 28.7 Å². The van der Waals surface area contributed by atoms with E-state index in [4.69, 9.17) is 25.8 Å². The first kappa shape index (κ1) is 25.3. The molecule has 0 aromatic heterocycles. The van der Waals surface area contributed by atoms with Gasteiger partial charge in [-0.25, -0.2) is 4.79 Å². The molecule has 0 aliphatic heterocycles. The van der Waals surface area contributed by atoms with Gasteiger partial charge in [0.25, 0.3) is 11.6 Å². The van der Waals surface area contributed by atoms with E-state index in [9.17, 15) is 19.7 Å². The van der Waals surface area contributed by atoms with Crippen LogP contribution >= 0.6 is 11.6 Å². The minimum atomic E-state index is -0.914. The van der Waals surface area contributed by atoms with E-state index in [1.54, 1.807) is 36.4 Å². The summed E-state index contributed by atoms with van der Waals surface area (Å²) < 4.78 is 15.5. The van der Waals surface area contributed by atoms with Gasteiger partial charge in [-0.05, 0) is 29.8 Å². The van der Waals surface area contributed by atoms with Crippen LogP contribution in [0.1, 0.15) is 15.9 Å². The Morgan fingerprint density at radius 1 is 1.00 bits per heavy atom. The minimum Gasteiger partial charge on any atom is -0.497 e. The summed E-state index contributed by atoms with van der Waals surface area (Å²) in [4.78, 5) is 35.8. The highest BCUT2D eigenvalue weighted by molar-refractivity contribution is 6.31. The van der Waals surface area contributed by atoms with Crippen molar-refractivity contribution in [3.05, 3.63) is 86.9 Å². The molecule has 0 heterocycles. The van der Waals surface area contributed by atoms with Gasteiger partial charge < -0.3 is 24.8 Å². The van der Waals surface area contributed by atoms with Crippen molar-refractivity contribution in [2.75, 3.05) is 31.5 Å². The van der Waals surface area contributed by atoms with E-state index >= 15 is 0 Å². The van der Waals surface area contributed by atoms with Gasteiger partial charge in [0.15, 0.2) is 6.61 Å². The average molecular weight is 500 g/mol. The molecule has 0 saturated carbocycles. The van der Waals surface area contributed by atoms with E-state index in [2.05, 4.69) is 10.6 Å². The Labute approximate surface area is 205 Å². The second-order valence-electron chi connectivity index (χ2n) is 7.12. The zero-order valence-corrected chi connectivity index (χ0v) is 19.6. The molecule has 3 aromatic carbocycles. The number of esters is 1. The number of ether oxygens (including phenoxy) is 3. The fourth-order valence-corrected chi connectivity index (χ4v) is 3.31. The topological polar surface area (TPSA) is 129 Å². The predicted molar refractivity (Wildman–Crippen MR) is 130 cm³/mol. The van der Waals surface area contributed by atoms with Gasteiger partial charge in [0.2, 0.25) is 0 Å². The van der Waals surface area contributed by atoms with E-state index in [0.717, 1.165) is 11.6 Å². The molecule has 0 fully saturated rings. The van der Waals surface area contributed by atoms with Crippen LogP contribution in [0, 0.1) is 10.1 Å². The number of amides is 1. The van der Waals surface area contributed by atoms with Crippen molar-refractivity contribution in [1.29, 1.82) is 0 Å². The number of nitrogens with zero attached hydrogens (tertiary/aromatic N) is 1. The number of rotatable bonds is 10. The molecule has 11 heteroatoms. The quantitative estimate of drug-likeness (QED) is 0.234. The molecule has 10 nitrogen and oxygen atoms in total. The fraction of sp³-hybridized carbons (Fsp3) is 0.167. The monoisotopic (exact) mass is 499 g/mol. The third kappa shape index (κ3) is 6.61. The van der Waals surface area contributed by atoms with E-state index in [0.29, 0.717) is 22.2 Å². The maximum Gasteiger partial charge on any atom is 0.341 e. The van der Waals surface area contributed by atoms with E-state index in [1.807, 2.05) is 6.07 Å². The van der Waals surface area contributed by atoms with Crippen molar-refractivity contribution in [2.24, 2.45) is 0 Å². The van der Waals surface area contributed by atoms with Crippen LogP contribution in [0.15, 0.2) is 60.7 Å². The first-order chi connectivity index (χ1) is 16.8. The van der Waals surface area contributed by atoms with Crippen LogP contribution < -0.4 is 20.1 Å². The SMILES string of the molecule is COc1ccc(OC)c(NC(=O)COC(=O)c2cc([N+](=O)[O-])ccc2NCc2ccccc2Cl)c1. The largest absolute Gasteiger partial charge is 0.497 e. The number of carbonyl (C=O) groups excluding carboxylic acids is 2. The Bertz CT molecular complexity index is 1250. The first-order valence-electron chi connectivity index (χ1n) is 10.3. The molecule has 3 rings (SSSR count). The van der Waals surface area contributed by atoms with Crippen LogP contribution in [-0.4, -0.2) is 37.6 Å². The lowest BCUT2D eigenvalue weighted by atomic mass is 10.1. The summed E-state index contributed by atoms with van der Waals surface area (Å²) in [6.07, 6.45) is 0. The number of anilines is 2. The number of nitro benzene ring substituents is 1. The van der Waals surface area contributed by atoms with Gasteiger partial charge in [0.1, 0.15) is 11.5 Å². The van der Waals surface area contributed by atoms with Crippen molar-refractivity contribution in [2.45, 2.75) is 6.54 Å². The lowest BCUT2D eigenvalue weighted by molar-refractivity contribution is -0.384. The molecule has 182 valence electrons. The van der Waals surface area contributed by atoms with Crippen LogP contribution in [-0.2, 0) is 16.1 Å². The maximum atomic E-state index is 12.8. The lowest BCUT2D eigenvalue weighted by Crippen LogP contribution is -2.22. The Morgan fingerprint density at radius 2 is 1.77 bits per heavy atom. The zero-order valence-electron chi connectivity index (χ0n) is 18.9. The summed E-state index contributed by atoms with van der Waals surface area (Å²) in [6, 6.07) is 15.7. The van der Waals surface area contributed by atoms with E-state index < -0.39 is 23.4 Å². The Balaban J connectivity index is 1.72. The molecule has 35 heavy (non-hydrogen) atoms. The highest BCUT2D eigenvalue weighted by atomic mass is 35.5. The highest BCUT2D eigenvalue weighted by Crippen LogP contribution is 2.29. The minimum absolute atomic E-state index is 0.0991. The average Bonchev–Trinajstić information content (AvgIpc) is 2.86. The maximum absolute atomic E-state index is 12.8. The van der Waals surface area contributed by atoms with Gasteiger partial charge in [0, 0.05) is 35.5 Å². The summed E-state index contributed by atoms with van der Waals surface area (Å²) in [5.74, 6) is -0.678. The van der Waals surface area contributed by atoms with Crippen molar-refractivity contribution in [3.8, 4) is 11.5 Å². The summed E-state index contributed by atoms with van der Waals surface area (Å²) in [5.41, 5.74) is 0.975. The van der Waals surface area contributed by atoms with Gasteiger partial charge in [-0.1, -0.05) is 29.8 Å². The number of non-ortho nitro benzene ring substituents is 1. The second kappa shape index (κ2) is 11.7. The number of nitro groups is 1. The number of carbonyl (C=O) groups is 2. The molecule has 2 N–H and O–H groups in total. The van der Waals surface area contributed by atoms with Gasteiger partial charge in [-0.15, -0.1) is 0 Å². The third-order valence-corrected chi connectivity index (χ3v) is 5.24. The number of nitrogens with one attached hydrogen (secondary N) is 2. The summed E-state index contributed by atoms with van der Waals surface area (Å²) >= 11 is 6.17. The van der Waals surface area contributed by atoms with Crippen LogP contribution in [0.2, 0.25) is 5.02 Å². The zero-order chi connectivity index (χ0) is 25.4. The molecular formula is C24H22ClN3O7. The smallest absolute Gasteiger partial charge is 0.341 e. The molecule has 3 aromatic rings. The van der Waals surface area contributed by atoms with Crippen LogP contribution in [0.25, 0.3) is 0 Å². The summed E-state index contributed by atoms with van der Waals surface area (Å²) in [7, 11) is 2.92. The molecule has 0 spiro atoms. The molecule has 0 bridgehead atoms. The van der Waals surface area contributed by atoms with Crippen LogP contribution in [0.4, 0.5) is 17.1 Å². The lowest BCUT2D eigenvalue weighted by Gasteiger charge is -2.14. The van der Waals surface area contributed by atoms with Gasteiger partial charge >= 0.3 is 5.97 Å². The molecule has 0 aliphatic carbocycles. The number of benzene rings is 3. The van der Waals surface area contributed by atoms with Crippen molar-refractivity contribution >= 4 is 40.5 Å². The predicted octanol–water partition coefficient (Wildman–Crippen LogP) is 4.67. The Hall–Kier alpha value is -4.31. The van der Waals surface area contributed by atoms with Gasteiger partial charge in [-0.3, -0.25) is 14.9 Å². The molecule has 0 radical (unpaired) electrons. The van der Waals surface area contributed by atoms with Gasteiger partial charge in [0.05, 0.1) is 30.4 Å². The number of halogens is 1. The van der Waals surface area contributed by atoms with Crippen molar-refractivity contribution in [3.63, 3.8) is 0 Å². The third-order valence-electron chi connectivity index (χ3n) is 4.88. The summed E-state index contributed by atoms with van der Waals surface area (Å²) in [6.45, 7) is -0.375. The van der Waals surface area contributed by atoms with E-state index in [1.165, 1.54) is 26.4 Å². The normalized spacial score (nSPS) is 10.3. The highest BCUT2D eigenvalue weighted by Gasteiger charge is 2.20. The number of hydrogen-bond acceptors (Lipinski definition) is 8. The molecule has 0 saturated heterocycles. The number of methoxy groups -OCH3 is 2. The van der Waals surface area contributed by atoms with Crippen LogP contribution in [0.3, 0.4) is 0 Å². The fourth-order valence-electron chi connectivity index (χ4n) is 3.11. The molecule has 0 aliphatic rings. The Kier molecular flexibility index (Phi) is 8.47. The standard InChI is InChI=1S/C24H22ClN3O7/c1-33-17-8-10-22(34-2)21(12-17)27-23(29)14-35-24(30)18-11-16(28(31)32)7-9-20(18)26-13-15-5-3-4-6-19(15)25/h3-12,26H,13-14H2,1-2H3,(H,27,29). The molecular weight excluding hydrogens is 478 g/mol. The first-order valence-corrected chi connectivity index (χ1v) is 10.6. The van der Waals surface area contributed by atoms with E-state index in [-0.39, 0.29) is 23.5 Å². The molecule has 1 amide bonds. The Morgan fingerprint density at radius 3 is 2.46 bits per heavy atom. The summed E-state index contributed by atoms with van der Waals surface area (Å²) in [5, 5.41) is 17.4. The van der Waals surface area contributed by atoms with Gasteiger partial charge in [-0.2, -0.15) is 0 Å². The number of hydrogen-bond donors (Lipinski definition) is 2. The molecule has 0 atom stereocenters.